The molecule has 0 saturated heterocycles. The van der Waals surface area contributed by atoms with Crippen LogP contribution in [0.25, 0.3) is 0 Å². The third-order valence-corrected chi connectivity index (χ3v) is 2.52. The molecule has 0 aliphatic rings. The molecule has 1 amide bonds. The van der Waals surface area contributed by atoms with Gasteiger partial charge in [-0.2, -0.15) is 0 Å². The smallest absolute Gasteiger partial charge is 0.234 e. The van der Waals surface area contributed by atoms with Crippen molar-refractivity contribution in [2.24, 2.45) is 5.84 Å². The van der Waals surface area contributed by atoms with Crippen LogP contribution in [0.15, 0.2) is 12.1 Å². The van der Waals surface area contributed by atoms with Gasteiger partial charge in [0.2, 0.25) is 5.91 Å². The van der Waals surface area contributed by atoms with E-state index < -0.39 is 0 Å². The molecule has 1 aromatic rings. The van der Waals surface area contributed by atoms with Gasteiger partial charge in [0.15, 0.2) is 0 Å². The van der Waals surface area contributed by atoms with Gasteiger partial charge in [0.05, 0.1) is 7.11 Å². The number of methoxy groups -OCH3 is 1. The standard InChI is InChI=1S/C11H15ClN2O2/c1-7-5-9(12)6-8(11(7)16-2)3-4-10(15)14-13/h5-6H,3-4,13H2,1-2H3,(H,14,15). The second-order valence-electron chi connectivity index (χ2n) is 3.48. The van der Waals surface area contributed by atoms with Crippen LogP contribution in [0.4, 0.5) is 0 Å². The molecular formula is C11H15ClN2O2. The highest BCUT2D eigenvalue weighted by molar-refractivity contribution is 6.30. The normalized spacial score (nSPS) is 10.0. The number of aryl methyl sites for hydroxylation is 2. The van der Waals surface area contributed by atoms with Crippen molar-refractivity contribution in [2.45, 2.75) is 19.8 Å². The minimum Gasteiger partial charge on any atom is -0.496 e. The minimum absolute atomic E-state index is 0.209. The van der Waals surface area contributed by atoms with Crippen molar-refractivity contribution in [3.8, 4) is 5.75 Å². The first-order valence-corrected chi connectivity index (χ1v) is 5.28. The van der Waals surface area contributed by atoms with Gasteiger partial charge in [-0.05, 0) is 36.6 Å². The number of ether oxygens (including phenoxy) is 1. The molecule has 0 aliphatic carbocycles. The summed E-state index contributed by atoms with van der Waals surface area (Å²) in [5, 5.41) is 0.640. The lowest BCUT2D eigenvalue weighted by molar-refractivity contribution is -0.121. The Bertz CT molecular complexity index is 394. The third kappa shape index (κ3) is 3.12. The molecule has 0 aromatic heterocycles. The summed E-state index contributed by atoms with van der Waals surface area (Å²) in [5.41, 5.74) is 3.96. The van der Waals surface area contributed by atoms with Crippen molar-refractivity contribution in [2.75, 3.05) is 7.11 Å². The maximum absolute atomic E-state index is 11.0. The summed E-state index contributed by atoms with van der Waals surface area (Å²) in [5.74, 6) is 5.57. The van der Waals surface area contributed by atoms with Crippen LogP contribution in [0, 0.1) is 6.92 Å². The number of nitrogens with one attached hydrogen (secondary N) is 1. The van der Waals surface area contributed by atoms with Gasteiger partial charge in [-0.25, -0.2) is 5.84 Å². The lowest BCUT2D eigenvalue weighted by Gasteiger charge is -2.11. The van der Waals surface area contributed by atoms with Gasteiger partial charge in [-0.1, -0.05) is 11.6 Å². The van der Waals surface area contributed by atoms with Gasteiger partial charge in [0.1, 0.15) is 5.75 Å². The Morgan fingerprint density at radius 2 is 2.25 bits per heavy atom. The number of rotatable bonds is 4. The monoisotopic (exact) mass is 242 g/mol. The lowest BCUT2D eigenvalue weighted by atomic mass is 10.0. The van der Waals surface area contributed by atoms with Gasteiger partial charge in [-0.3, -0.25) is 10.2 Å². The highest BCUT2D eigenvalue weighted by atomic mass is 35.5. The van der Waals surface area contributed by atoms with Gasteiger partial charge in [0, 0.05) is 11.4 Å². The number of carbonyl (C=O) groups is 1. The molecule has 0 fully saturated rings. The van der Waals surface area contributed by atoms with Gasteiger partial charge in [-0.15, -0.1) is 0 Å². The quantitative estimate of drug-likeness (QED) is 0.479. The predicted octanol–water partition coefficient (Wildman–Crippen LogP) is 1.58. The van der Waals surface area contributed by atoms with E-state index >= 15 is 0 Å². The summed E-state index contributed by atoms with van der Waals surface area (Å²) in [4.78, 5) is 11.0. The number of hydrogen-bond acceptors (Lipinski definition) is 3. The van der Waals surface area contributed by atoms with Crippen molar-refractivity contribution in [3.05, 3.63) is 28.3 Å². The molecule has 1 rings (SSSR count). The number of halogens is 1. The maximum Gasteiger partial charge on any atom is 0.234 e. The molecule has 0 spiro atoms. The first kappa shape index (κ1) is 12.8. The van der Waals surface area contributed by atoms with Crippen molar-refractivity contribution >= 4 is 17.5 Å². The van der Waals surface area contributed by atoms with Crippen LogP contribution < -0.4 is 16.0 Å². The van der Waals surface area contributed by atoms with Crippen LogP contribution in [0.5, 0.6) is 5.75 Å². The second kappa shape index (κ2) is 5.72. The fourth-order valence-electron chi connectivity index (χ4n) is 1.60. The van der Waals surface area contributed by atoms with Crippen molar-refractivity contribution in [1.29, 1.82) is 0 Å². The Morgan fingerprint density at radius 3 is 2.81 bits per heavy atom. The van der Waals surface area contributed by atoms with E-state index in [2.05, 4.69) is 5.43 Å². The van der Waals surface area contributed by atoms with E-state index in [1.54, 1.807) is 13.2 Å². The van der Waals surface area contributed by atoms with Crippen LogP contribution in [-0.4, -0.2) is 13.0 Å². The number of hydrazine groups is 1. The van der Waals surface area contributed by atoms with E-state index in [1.165, 1.54) is 0 Å². The highest BCUT2D eigenvalue weighted by Gasteiger charge is 2.09. The molecule has 0 aliphatic heterocycles. The Kier molecular flexibility index (Phi) is 4.58. The van der Waals surface area contributed by atoms with Gasteiger partial charge < -0.3 is 4.74 Å². The fourth-order valence-corrected chi connectivity index (χ4v) is 1.89. The van der Waals surface area contributed by atoms with Gasteiger partial charge >= 0.3 is 0 Å². The number of amides is 1. The molecule has 0 saturated carbocycles. The lowest BCUT2D eigenvalue weighted by Crippen LogP contribution is -2.30. The third-order valence-electron chi connectivity index (χ3n) is 2.30. The molecule has 0 unspecified atom stereocenters. The summed E-state index contributed by atoms with van der Waals surface area (Å²) in [6.07, 6.45) is 0.861. The summed E-state index contributed by atoms with van der Waals surface area (Å²) >= 11 is 5.95. The van der Waals surface area contributed by atoms with E-state index in [-0.39, 0.29) is 5.91 Å². The fraction of sp³-hybridized carbons (Fsp3) is 0.364. The largest absolute Gasteiger partial charge is 0.496 e. The summed E-state index contributed by atoms with van der Waals surface area (Å²) in [6.45, 7) is 1.91. The number of benzene rings is 1. The molecule has 5 heteroatoms. The predicted molar refractivity (Wildman–Crippen MR) is 63.4 cm³/mol. The average molecular weight is 243 g/mol. The SMILES string of the molecule is COc1c(C)cc(Cl)cc1CCC(=O)NN. The molecule has 0 heterocycles. The molecule has 0 atom stereocenters. The van der Waals surface area contributed by atoms with Crippen molar-refractivity contribution < 1.29 is 9.53 Å². The molecule has 3 N–H and O–H groups in total. The van der Waals surface area contributed by atoms with E-state index in [1.807, 2.05) is 13.0 Å². The molecule has 4 nitrogen and oxygen atoms in total. The first-order valence-electron chi connectivity index (χ1n) is 4.91. The van der Waals surface area contributed by atoms with E-state index in [0.29, 0.717) is 17.9 Å². The Morgan fingerprint density at radius 1 is 1.56 bits per heavy atom. The van der Waals surface area contributed by atoms with Crippen molar-refractivity contribution in [1.82, 2.24) is 5.43 Å². The van der Waals surface area contributed by atoms with Crippen LogP contribution >= 0.6 is 11.6 Å². The van der Waals surface area contributed by atoms with Crippen molar-refractivity contribution in [3.63, 3.8) is 0 Å². The summed E-state index contributed by atoms with van der Waals surface area (Å²) in [6, 6.07) is 3.63. The van der Waals surface area contributed by atoms with E-state index in [9.17, 15) is 4.79 Å². The molecular weight excluding hydrogens is 228 g/mol. The second-order valence-corrected chi connectivity index (χ2v) is 3.92. The van der Waals surface area contributed by atoms with Gasteiger partial charge in [0.25, 0.3) is 0 Å². The zero-order chi connectivity index (χ0) is 12.1. The van der Waals surface area contributed by atoms with E-state index in [0.717, 1.165) is 16.9 Å². The Balaban J connectivity index is 2.89. The van der Waals surface area contributed by atoms with E-state index in [4.69, 9.17) is 22.2 Å². The first-order chi connectivity index (χ1) is 7.58. The Hall–Kier alpha value is -1.26. The zero-order valence-corrected chi connectivity index (χ0v) is 10.1. The average Bonchev–Trinajstić information content (AvgIpc) is 2.25. The topological polar surface area (TPSA) is 64.3 Å². The minimum atomic E-state index is -0.209. The highest BCUT2D eigenvalue weighted by Crippen LogP contribution is 2.28. The molecule has 1 aromatic carbocycles. The molecule has 16 heavy (non-hydrogen) atoms. The Labute approximate surface area is 99.7 Å². The zero-order valence-electron chi connectivity index (χ0n) is 9.34. The summed E-state index contributed by atoms with van der Waals surface area (Å²) < 4.78 is 5.28. The molecule has 88 valence electrons. The number of hydrogen-bond donors (Lipinski definition) is 2. The number of carbonyl (C=O) groups excluding carboxylic acids is 1. The summed E-state index contributed by atoms with van der Waals surface area (Å²) in [7, 11) is 1.60. The maximum atomic E-state index is 11.0. The van der Waals surface area contributed by atoms with Crippen LogP contribution in [0.1, 0.15) is 17.5 Å². The van der Waals surface area contributed by atoms with Crippen LogP contribution in [0.3, 0.4) is 0 Å². The molecule has 0 radical (unpaired) electrons. The number of nitrogens with two attached hydrogens (primary N) is 1. The van der Waals surface area contributed by atoms with Crippen LogP contribution in [-0.2, 0) is 11.2 Å². The van der Waals surface area contributed by atoms with Crippen LogP contribution in [0.2, 0.25) is 5.02 Å². The molecule has 0 bridgehead atoms.